The Morgan fingerprint density at radius 1 is 0.944 bits per heavy atom. The molecule has 4 aromatic rings. The molecule has 0 saturated heterocycles. The van der Waals surface area contributed by atoms with E-state index in [1.807, 2.05) is 24.3 Å². The number of para-hydroxylation sites is 1. The van der Waals surface area contributed by atoms with Crippen molar-refractivity contribution in [2.24, 2.45) is 0 Å². The van der Waals surface area contributed by atoms with Gasteiger partial charge in [-0.2, -0.15) is 0 Å². The molecule has 36 heavy (non-hydrogen) atoms. The van der Waals surface area contributed by atoms with E-state index in [0.29, 0.717) is 12.2 Å². The number of imidazole rings is 2. The summed E-state index contributed by atoms with van der Waals surface area (Å²) in [4.78, 5) is 22.2. The highest BCUT2D eigenvalue weighted by atomic mass is 16.5. The molecule has 0 radical (unpaired) electrons. The Balaban J connectivity index is 1.90. The second-order valence-electron chi connectivity index (χ2n) is 9.02. The highest BCUT2D eigenvalue weighted by Gasteiger charge is 2.20. The molecule has 0 spiro atoms. The molecule has 0 bridgehead atoms. The minimum Gasteiger partial charge on any atom is -0.465 e. The number of carbonyl (C=O) groups excluding carboxylic acids is 1. The van der Waals surface area contributed by atoms with Crippen LogP contribution in [0.5, 0.6) is 0 Å². The van der Waals surface area contributed by atoms with E-state index in [0.717, 1.165) is 91.1 Å². The molecule has 0 fully saturated rings. The first-order chi connectivity index (χ1) is 17.6. The van der Waals surface area contributed by atoms with Gasteiger partial charge in [0.25, 0.3) is 0 Å². The number of nitrogens with one attached hydrogen (secondary N) is 1. The molecule has 2 heterocycles. The molecule has 8 nitrogen and oxygen atoms in total. The van der Waals surface area contributed by atoms with Crippen molar-refractivity contribution in [2.45, 2.75) is 59.0 Å². The Bertz CT molecular complexity index is 1320. The average molecular weight is 492 g/mol. The molecule has 0 aliphatic rings. The number of benzene rings is 2. The first-order valence-electron chi connectivity index (χ1n) is 12.9. The highest BCUT2D eigenvalue weighted by Crippen LogP contribution is 2.33. The van der Waals surface area contributed by atoms with Gasteiger partial charge in [-0.25, -0.2) is 14.8 Å². The Hall–Kier alpha value is -3.39. The normalized spacial score (nSPS) is 11.4. The first kappa shape index (κ1) is 25.7. The van der Waals surface area contributed by atoms with Crippen LogP contribution in [0.2, 0.25) is 0 Å². The number of aryl methyl sites for hydroxylation is 2. The maximum absolute atomic E-state index is 12.2. The van der Waals surface area contributed by atoms with E-state index in [1.165, 1.54) is 7.11 Å². The van der Waals surface area contributed by atoms with Gasteiger partial charge in [0.05, 0.1) is 34.7 Å². The summed E-state index contributed by atoms with van der Waals surface area (Å²) in [5, 5.41) is 3.54. The Morgan fingerprint density at radius 2 is 1.75 bits per heavy atom. The Kier molecular flexibility index (Phi) is 8.59. The number of unbranched alkanes of at least 4 members (excludes halogenated alkanes) is 2. The minimum atomic E-state index is -0.359. The number of aromatic nitrogens is 4. The van der Waals surface area contributed by atoms with Crippen LogP contribution >= 0.6 is 0 Å². The molecule has 0 unspecified atom stereocenters. The molecule has 0 aliphatic heterocycles. The minimum absolute atomic E-state index is 0.359. The van der Waals surface area contributed by atoms with E-state index in [2.05, 4.69) is 40.4 Å². The van der Waals surface area contributed by atoms with Crippen molar-refractivity contribution in [1.29, 1.82) is 0 Å². The highest BCUT2D eigenvalue weighted by molar-refractivity contribution is 5.97. The largest absolute Gasteiger partial charge is 0.465 e. The van der Waals surface area contributed by atoms with Crippen molar-refractivity contribution >= 4 is 34.0 Å². The van der Waals surface area contributed by atoms with Gasteiger partial charge in [-0.05, 0) is 49.6 Å². The van der Waals surface area contributed by atoms with Gasteiger partial charge in [-0.15, -0.1) is 0 Å². The third-order valence-corrected chi connectivity index (χ3v) is 6.46. The van der Waals surface area contributed by atoms with Crippen LogP contribution in [0.25, 0.3) is 33.5 Å². The zero-order valence-corrected chi connectivity index (χ0v) is 21.8. The van der Waals surface area contributed by atoms with Gasteiger partial charge in [0.1, 0.15) is 5.82 Å². The van der Waals surface area contributed by atoms with Gasteiger partial charge in [0, 0.05) is 38.9 Å². The number of ether oxygens (including phenoxy) is 2. The third-order valence-electron chi connectivity index (χ3n) is 6.46. The van der Waals surface area contributed by atoms with E-state index >= 15 is 0 Å². The fraction of sp³-hybridized carbons (Fsp3) is 0.464. The second kappa shape index (κ2) is 12.0. The van der Waals surface area contributed by atoms with E-state index in [-0.39, 0.29) is 5.97 Å². The number of anilines is 1. The van der Waals surface area contributed by atoms with E-state index in [4.69, 9.17) is 19.4 Å². The molecule has 8 heteroatoms. The third kappa shape index (κ3) is 5.23. The lowest BCUT2D eigenvalue weighted by Crippen LogP contribution is -2.10. The summed E-state index contributed by atoms with van der Waals surface area (Å²) in [7, 11) is 3.13. The van der Waals surface area contributed by atoms with Crippen LogP contribution in [0, 0.1) is 0 Å². The SMILES string of the molecule is CCCCNc1nc2cccc(-c3nc4cc(C(=O)OC)ccc4n3CCCC)c2n1CCCOC. The molecule has 0 atom stereocenters. The molecule has 192 valence electrons. The predicted octanol–water partition coefficient (Wildman–Crippen LogP) is 5.89. The summed E-state index contributed by atoms with van der Waals surface area (Å²) in [5.74, 6) is 1.41. The van der Waals surface area contributed by atoms with Crippen LogP contribution in [0.3, 0.4) is 0 Å². The van der Waals surface area contributed by atoms with Gasteiger partial charge >= 0.3 is 5.97 Å². The van der Waals surface area contributed by atoms with Crippen molar-refractivity contribution in [3.05, 3.63) is 42.0 Å². The number of hydrogen-bond donors (Lipinski definition) is 1. The number of carbonyl (C=O) groups is 1. The first-order valence-corrected chi connectivity index (χ1v) is 12.9. The van der Waals surface area contributed by atoms with Crippen LogP contribution in [-0.2, 0) is 22.6 Å². The van der Waals surface area contributed by atoms with Crippen LogP contribution in [-0.4, -0.2) is 52.4 Å². The fourth-order valence-electron chi connectivity index (χ4n) is 4.59. The van der Waals surface area contributed by atoms with Crippen LogP contribution in [0.4, 0.5) is 5.95 Å². The fourth-order valence-corrected chi connectivity index (χ4v) is 4.59. The number of esters is 1. The van der Waals surface area contributed by atoms with Gasteiger partial charge in [-0.1, -0.05) is 32.8 Å². The van der Waals surface area contributed by atoms with Gasteiger partial charge < -0.3 is 23.9 Å². The molecule has 0 saturated carbocycles. The van der Waals surface area contributed by atoms with Gasteiger partial charge in [0.15, 0.2) is 0 Å². The molecule has 4 rings (SSSR count). The number of hydrogen-bond acceptors (Lipinski definition) is 6. The molecule has 1 N–H and O–H groups in total. The molecule has 0 aliphatic carbocycles. The maximum Gasteiger partial charge on any atom is 0.337 e. The average Bonchev–Trinajstić information content (AvgIpc) is 3.44. The lowest BCUT2D eigenvalue weighted by atomic mass is 10.1. The summed E-state index contributed by atoms with van der Waals surface area (Å²) >= 11 is 0. The van der Waals surface area contributed by atoms with Crippen molar-refractivity contribution in [1.82, 2.24) is 19.1 Å². The summed E-state index contributed by atoms with van der Waals surface area (Å²) in [5.41, 5.74) is 5.33. The predicted molar refractivity (Wildman–Crippen MR) is 145 cm³/mol. The van der Waals surface area contributed by atoms with Crippen molar-refractivity contribution in [3.63, 3.8) is 0 Å². The maximum atomic E-state index is 12.2. The number of rotatable bonds is 13. The lowest BCUT2D eigenvalue weighted by molar-refractivity contribution is 0.0601. The molecular weight excluding hydrogens is 454 g/mol. The number of fused-ring (bicyclic) bond motifs is 2. The zero-order valence-electron chi connectivity index (χ0n) is 21.8. The quantitative estimate of drug-likeness (QED) is 0.186. The van der Waals surface area contributed by atoms with Crippen LogP contribution in [0.15, 0.2) is 36.4 Å². The molecular formula is C28H37N5O3. The molecule has 2 aromatic heterocycles. The molecule has 0 amide bonds. The van der Waals surface area contributed by atoms with E-state index < -0.39 is 0 Å². The van der Waals surface area contributed by atoms with E-state index in [1.54, 1.807) is 7.11 Å². The van der Waals surface area contributed by atoms with Gasteiger partial charge in [-0.3, -0.25) is 0 Å². The lowest BCUT2D eigenvalue weighted by Gasteiger charge is -2.14. The number of nitrogens with zero attached hydrogens (tertiary/aromatic N) is 4. The van der Waals surface area contributed by atoms with Crippen LogP contribution in [0.1, 0.15) is 56.3 Å². The van der Waals surface area contributed by atoms with Crippen LogP contribution < -0.4 is 5.32 Å². The number of methoxy groups -OCH3 is 2. The van der Waals surface area contributed by atoms with Gasteiger partial charge in [0.2, 0.25) is 5.95 Å². The topological polar surface area (TPSA) is 83.2 Å². The Labute approximate surface area is 212 Å². The standard InChI is InChI=1S/C28H37N5O3/c1-5-7-15-29-28-31-22-12-9-11-21(25(22)33(28)17-10-18-35-3)26-30-23-19-20(27(34)36-4)13-14-24(23)32(26)16-8-6-2/h9,11-14,19H,5-8,10,15-18H2,1-4H3,(H,29,31). The summed E-state index contributed by atoms with van der Waals surface area (Å²) < 4.78 is 14.8. The van der Waals surface area contributed by atoms with Crippen molar-refractivity contribution < 1.29 is 14.3 Å². The second-order valence-corrected chi connectivity index (χ2v) is 9.02. The Morgan fingerprint density at radius 3 is 2.50 bits per heavy atom. The van der Waals surface area contributed by atoms with E-state index in [9.17, 15) is 4.79 Å². The van der Waals surface area contributed by atoms with Crippen molar-refractivity contribution in [2.75, 3.05) is 32.7 Å². The summed E-state index contributed by atoms with van der Waals surface area (Å²) in [6, 6.07) is 11.8. The molecule has 2 aromatic carbocycles. The smallest absolute Gasteiger partial charge is 0.337 e. The summed E-state index contributed by atoms with van der Waals surface area (Å²) in [6.45, 7) is 7.57. The van der Waals surface area contributed by atoms with Crippen molar-refractivity contribution in [3.8, 4) is 11.4 Å². The monoisotopic (exact) mass is 491 g/mol. The summed E-state index contributed by atoms with van der Waals surface area (Å²) in [6.07, 6.45) is 5.20. The zero-order chi connectivity index (χ0) is 25.5.